The van der Waals surface area contributed by atoms with Gasteiger partial charge in [0.05, 0.1) is 6.10 Å². The molecule has 4 nitrogen and oxygen atoms in total. The molecule has 16 heavy (non-hydrogen) atoms. The molecule has 0 bridgehead atoms. The molecule has 0 aliphatic heterocycles. The van der Waals surface area contributed by atoms with Gasteiger partial charge in [0.15, 0.2) is 0 Å². The second kappa shape index (κ2) is 8.03. The lowest BCUT2D eigenvalue weighted by molar-refractivity contribution is 0.140. The zero-order chi connectivity index (χ0) is 12.6. The van der Waals surface area contributed by atoms with E-state index in [-0.39, 0.29) is 5.92 Å². The summed E-state index contributed by atoms with van der Waals surface area (Å²) in [6, 6.07) is 0. The molecule has 0 fully saturated rings. The number of hydrogen-bond acceptors (Lipinski definition) is 3. The molecule has 5 heteroatoms. The highest BCUT2D eigenvalue weighted by atomic mass is 32.3. The van der Waals surface area contributed by atoms with Gasteiger partial charge in [-0.1, -0.05) is 46.0 Å². The smallest absolute Gasteiger partial charge is 0.264 e. The number of hydrogen-bond donors (Lipinski definition) is 1. The van der Waals surface area contributed by atoms with Crippen LogP contribution in [0.2, 0.25) is 0 Å². The van der Waals surface area contributed by atoms with Crippen LogP contribution in [0.1, 0.15) is 59.3 Å². The van der Waals surface area contributed by atoms with Gasteiger partial charge in [0.2, 0.25) is 0 Å². The van der Waals surface area contributed by atoms with Crippen LogP contribution >= 0.6 is 0 Å². The summed E-state index contributed by atoms with van der Waals surface area (Å²) in [5.41, 5.74) is 0. The van der Waals surface area contributed by atoms with Gasteiger partial charge >= 0.3 is 10.4 Å². The van der Waals surface area contributed by atoms with Crippen LogP contribution in [-0.2, 0) is 14.6 Å². The standard InChI is InChI=1S/C11H24O4S/c1-4-5-6-7-8-9-10(2)11(3)15-16(12,13)14/h10-11H,4-9H2,1-3H3,(H,12,13,14). The summed E-state index contributed by atoms with van der Waals surface area (Å²) in [5.74, 6) is 0.142. The molecule has 0 aromatic heterocycles. The normalized spacial score (nSPS) is 16.0. The highest BCUT2D eigenvalue weighted by Crippen LogP contribution is 2.17. The molecule has 0 aromatic carbocycles. The average molecular weight is 252 g/mol. The van der Waals surface area contributed by atoms with Crippen molar-refractivity contribution in [2.24, 2.45) is 5.92 Å². The van der Waals surface area contributed by atoms with Gasteiger partial charge in [-0.05, 0) is 19.3 Å². The second-order valence-electron chi connectivity index (χ2n) is 4.41. The Morgan fingerprint density at radius 1 is 1.12 bits per heavy atom. The van der Waals surface area contributed by atoms with Crippen LogP contribution in [0.4, 0.5) is 0 Å². The van der Waals surface area contributed by atoms with Crippen LogP contribution in [0.25, 0.3) is 0 Å². The first kappa shape index (κ1) is 15.9. The quantitative estimate of drug-likeness (QED) is 0.505. The van der Waals surface area contributed by atoms with Crippen molar-refractivity contribution in [2.45, 2.75) is 65.4 Å². The van der Waals surface area contributed by atoms with E-state index in [9.17, 15) is 8.42 Å². The Morgan fingerprint density at radius 3 is 2.19 bits per heavy atom. The molecular formula is C11H24O4S. The molecule has 2 atom stereocenters. The Hall–Kier alpha value is -0.130. The molecule has 0 aliphatic carbocycles. The molecule has 0 aromatic rings. The van der Waals surface area contributed by atoms with E-state index in [1.165, 1.54) is 25.7 Å². The maximum absolute atomic E-state index is 10.5. The molecule has 0 rings (SSSR count). The highest BCUT2D eigenvalue weighted by molar-refractivity contribution is 7.80. The summed E-state index contributed by atoms with van der Waals surface area (Å²) in [6.07, 6.45) is 6.44. The Kier molecular flexibility index (Phi) is 7.97. The van der Waals surface area contributed by atoms with Crippen LogP contribution in [0.3, 0.4) is 0 Å². The van der Waals surface area contributed by atoms with Gasteiger partial charge in [-0.2, -0.15) is 8.42 Å². The van der Waals surface area contributed by atoms with Gasteiger partial charge in [-0.3, -0.25) is 4.55 Å². The van der Waals surface area contributed by atoms with Crippen molar-refractivity contribution < 1.29 is 17.2 Å². The lowest BCUT2D eigenvalue weighted by Crippen LogP contribution is -2.21. The molecule has 0 heterocycles. The minimum Gasteiger partial charge on any atom is -0.264 e. The van der Waals surface area contributed by atoms with Gasteiger partial charge in [0.1, 0.15) is 0 Å². The summed E-state index contributed by atoms with van der Waals surface area (Å²) < 4.78 is 34.0. The molecule has 2 unspecified atom stereocenters. The van der Waals surface area contributed by atoms with E-state index in [0.29, 0.717) is 0 Å². The van der Waals surface area contributed by atoms with Crippen LogP contribution in [0.15, 0.2) is 0 Å². The van der Waals surface area contributed by atoms with E-state index in [0.717, 1.165) is 12.8 Å². The van der Waals surface area contributed by atoms with E-state index in [1.807, 2.05) is 6.92 Å². The van der Waals surface area contributed by atoms with Gasteiger partial charge in [-0.25, -0.2) is 4.18 Å². The lowest BCUT2D eigenvalue weighted by atomic mass is 9.98. The minimum absolute atomic E-state index is 0.142. The molecular weight excluding hydrogens is 228 g/mol. The van der Waals surface area contributed by atoms with Crippen molar-refractivity contribution in [3.63, 3.8) is 0 Å². The molecule has 1 N–H and O–H groups in total. The van der Waals surface area contributed by atoms with Crippen molar-refractivity contribution in [2.75, 3.05) is 0 Å². The molecule has 0 radical (unpaired) electrons. The molecule has 0 aliphatic rings. The Bertz CT molecular complexity index is 261. The first-order chi connectivity index (χ1) is 7.37. The van der Waals surface area contributed by atoms with Crippen molar-refractivity contribution >= 4 is 10.4 Å². The number of unbranched alkanes of at least 4 members (excludes halogenated alkanes) is 4. The summed E-state index contributed by atoms with van der Waals surface area (Å²) in [4.78, 5) is 0. The third-order valence-corrected chi connectivity index (χ3v) is 3.38. The largest absolute Gasteiger partial charge is 0.397 e. The van der Waals surface area contributed by atoms with Crippen LogP contribution in [0.5, 0.6) is 0 Å². The van der Waals surface area contributed by atoms with Gasteiger partial charge in [0.25, 0.3) is 0 Å². The monoisotopic (exact) mass is 252 g/mol. The first-order valence-electron chi connectivity index (χ1n) is 6.02. The van der Waals surface area contributed by atoms with E-state index in [4.69, 9.17) is 4.55 Å². The van der Waals surface area contributed by atoms with Gasteiger partial charge in [0, 0.05) is 0 Å². The molecule has 98 valence electrons. The molecule has 0 spiro atoms. The third-order valence-electron chi connectivity index (χ3n) is 2.84. The second-order valence-corrected chi connectivity index (χ2v) is 5.46. The Morgan fingerprint density at radius 2 is 1.69 bits per heavy atom. The first-order valence-corrected chi connectivity index (χ1v) is 7.39. The predicted molar refractivity (Wildman–Crippen MR) is 64.6 cm³/mol. The Balaban J connectivity index is 3.67. The maximum Gasteiger partial charge on any atom is 0.397 e. The van der Waals surface area contributed by atoms with Crippen LogP contribution in [-0.4, -0.2) is 19.1 Å². The molecule has 0 saturated heterocycles. The highest BCUT2D eigenvalue weighted by Gasteiger charge is 2.18. The summed E-state index contributed by atoms with van der Waals surface area (Å²) in [5, 5.41) is 0. The fraction of sp³-hybridized carbons (Fsp3) is 1.00. The van der Waals surface area contributed by atoms with Crippen LogP contribution in [0, 0.1) is 5.92 Å². The van der Waals surface area contributed by atoms with Gasteiger partial charge < -0.3 is 0 Å². The van der Waals surface area contributed by atoms with E-state index < -0.39 is 16.5 Å². The SMILES string of the molecule is CCCCCCCC(C)C(C)OS(=O)(=O)O. The topological polar surface area (TPSA) is 63.6 Å². The van der Waals surface area contributed by atoms with E-state index in [1.54, 1.807) is 6.92 Å². The zero-order valence-corrected chi connectivity index (χ0v) is 11.3. The lowest BCUT2D eigenvalue weighted by Gasteiger charge is -2.18. The molecule has 0 saturated carbocycles. The van der Waals surface area contributed by atoms with Gasteiger partial charge in [-0.15, -0.1) is 0 Å². The van der Waals surface area contributed by atoms with E-state index >= 15 is 0 Å². The fourth-order valence-corrected chi connectivity index (χ4v) is 2.16. The summed E-state index contributed by atoms with van der Waals surface area (Å²) >= 11 is 0. The van der Waals surface area contributed by atoms with E-state index in [2.05, 4.69) is 11.1 Å². The summed E-state index contributed by atoms with van der Waals surface area (Å²) in [6.45, 7) is 5.78. The fourth-order valence-electron chi connectivity index (χ4n) is 1.59. The van der Waals surface area contributed by atoms with Crippen molar-refractivity contribution in [1.82, 2.24) is 0 Å². The van der Waals surface area contributed by atoms with Crippen molar-refractivity contribution in [3.8, 4) is 0 Å². The minimum atomic E-state index is -4.31. The average Bonchev–Trinajstić information content (AvgIpc) is 2.14. The van der Waals surface area contributed by atoms with Crippen LogP contribution < -0.4 is 0 Å². The predicted octanol–water partition coefficient (Wildman–Crippen LogP) is 3.19. The molecule has 0 amide bonds. The van der Waals surface area contributed by atoms with Crippen molar-refractivity contribution in [1.29, 1.82) is 0 Å². The zero-order valence-electron chi connectivity index (χ0n) is 10.5. The van der Waals surface area contributed by atoms with Crippen molar-refractivity contribution in [3.05, 3.63) is 0 Å². The summed E-state index contributed by atoms with van der Waals surface area (Å²) in [7, 11) is -4.31. The number of rotatable bonds is 9. The third kappa shape index (κ3) is 9.12. The maximum atomic E-state index is 10.5. The Labute approximate surface area is 99.3 Å².